The maximum atomic E-state index is 11.3. The smallest absolute Gasteiger partial charge is 0.353 e. The second-order valence-corrected chi connectivity index (χ2v) is 5.11. The monoisotopic (exact) mass is 308 g/mol. The molecule has 9 heteroatoms. The van der Waals surface area contributed by atoms with Crippen molar-refractivity contribution in [1.29, 1.82) is 0 Å². The van der Waals surface area contributed by atoms with Gasteiger partial charge in [-0.1, -0.05) is 6.92 Å². The number of thiazole rings is 1. The van der Waals surface area contributed by atoms with Gasteiger partial charge < -0.3 is 10.6 Å². The number of nitrogens with zero attached hydrogens (tertiary/aromatic N) is 4. The molecule has 0 aromatic carbocycles. The molecule has 112 valence electrons. The lowest BCUT2D eigenvalue weighted by atomic mass is 10.2. The molecule has 0 aliphatic carbocycles. The van der Waals surface area contributed by atoms with Crippen LogP contribution in [0, 0.1) is 10.1 Å². The van der Waals surface area contributed by atoms with Crippen molar-refractivity contribution in [3.63, 3.8) is 0 Å². The van der Waals surface area contributed by atoms with Gasteiger partial charge in [0.25, 0.3) is 0 Å². The second-order valence-electron chi connectivity index (χ2n) is 4.18. The van der Waals surface area contributed by atoms with Gasteiger partial charge in [0.2, 0.25) is 11.6 Å². The topological polar surface area (TPSA) is 106 Å². The van der Waals surface area contributed by atoms with E-state index >= 15 is 0 Å². The number of aromatic nitrogens is 3. The Morgan fingerprint density at radius 2 is 2.10 bits per heavy atom. The highest BCUT2D eigenvalue weighted by Gasteiger charge is 2.25. The molecule has 21 heavy (non-hydrogen) atoms. The standard InChI is InChI=1S/C12H16N6O2S/c1-3-8(12-14-5-6-21-12)17-11-9(18(19)20)10(13-4-2)15-7-16-11/h5-8H,3-4H2,1-2H3,(H2,13,15,16,17). The van der Waals surface area contributed by atoms with E-state index in [1.807, 2.05) is 19.2 Å². The predicted octanol–water partition coefficient (Wildman–Crippen LogP) is 2.84. The number of nitrogens with one attached hydrogen (secondary N) is 2. The molecule has 0 radical (unpaired) electrons. The second kappa shape index (κ2) is 6.93. The van der Waals surface area contributed by atoms with Crippen LogP contribution < -0.4 is 10.6 Å². The molecule has 0 saturated heterocycles. The van der Waals surface area contributed by atoms with E-state index in [2.05, 4.69) is 25.6 Å². The van der Waals surface area contributed by atoms with Crippen LogP contribution >= 0.6 is 11.3 Å². The predicted molar refractivity (Wildman–Crippen MR) is 81.6 cm³/mol. The van der Waals surface area contributed by atoms with E-state index in [4.69, 9.17) is 0 Å². The van der Waals surface area contributed by atoms with E-state index in [1.54, 1.807) is 6.20 Å². The Hall–Kier alpha value is -2.29. The van der Waals surface area contributed by atoms with E-state index in [1.165, 1.54) is 17.7 Å². The number of hydrogen-bond acceptors (Lipinski definition) is 8. The fourth-order valence-corrected chi connectivity index (χ4v) is 2.64. The third-order valence-corrected chi connectivity index (χ3v) is 3.71. The molecular weight excluding hydrogens is 292 g/mol. The summed E-state index contributed by atoms with van der Waals surface area (Å²) in [5.41, 5.74) is -0.144. The Bertz CT molecular complexity index is 604. The molecule has 0 aliphatic rings. The average Bonchev–Trinajstić information content (AvgIpc) is 2.99. The van der Waals surface area contributed by atoms with Gasteiger partial charge in [0.15, 0.2) is 0 Å². The first-order valence-corrected chi connectivity index (χ1v) is 7.44. The Labute approximate surface area is 125 Å². The van der Waals surface area contributed by atoms with Gasteiger partial charge in [0, 0.05) is 18.1 Å². The SMILES string of the molecule is CCNc1ncnc(NC(CC)c2nccs2)c1[N+](=O)[O-]. The molecule has 1 atom stereocenters. The zero-order valence-corrected chi connectivity index (χ0v) is 12.6. The van der Waals surface area contributed by atoms with Crippen LogP contribution in [-0.2, 0) is 0 Å². The highest BCUT2D eigenvalue weighted by molar-refractivity contribution is 7.09. The molecule has 2 heterocycles. The van der Waals surface area contributed by atoms with Crippen LogP contribution in [0.1, 0.15) is 31.3 Å². The molecule has 1 unspecified atom stereocenters. The largest absolute Gasteiger partial charge is 0.364 e. The van der Waals surface area contributed by atoms with Crippen molar-refractivity contribution in [3.8, 4) is 0 Å². The number of anilines is 2. The van der Waals surface area contributed by atoms with E-state index in [-0.39, 0.29) is 23.4 Å². The van der Waals surface area contributed by atoms with Crippen molar-refractivity contribution < 1.29 is 4.92 Å². The van der Waals surface area contributed by atoms with Gasteiger partial charge in [-0.05, 0) is 13.3 Å². The van der Waals surface area contributed by atoms with E-state index < -0.39 is 4.92 Å². The molecule has 8 nitrogen and oxygen atoms in total. The summed E-state index contributed by atoms with van der Waals surface area (Å²) in [7, 11) is 0. The fourth-order valence-electron chi connectivity index (χ4n) is 1.86. The zero-order chi connectivity index (χ0) is 15.2. The lowest BCUT2D eigenvalue weighted by Crippen LogP contribution is -2.14. The summed E-state index contributed by atoms with van der Waals surface area (Å²) in [4.78, 5) is 23.0. The maximum Gasteiger partial charge on any atom is 0.353 e. The molecule has 2 aromatic heterocycles. The third-order valence-electron chi connectivity index (χ3n) is 2.82. The minimum absolute atomic E-state index is 0.118. The molecule has 2 aromatic rings. The van der Waals surface area contributed by atoms with Crippen LogP contribution in [0.3, 0.4) is 0 Å². The molecular formula is C12H16N6O2S. The normalized spacial score (nSPS) is 11.9. The molecule has 0 spiro atoms. The van der Waals surface area contributed by atoms with Gasteiger partial charge in [-0.25, -0.2) is 15.0 Å². The molecule has 2 N–H and O–H groups in total. The number of hydrogen-bond donors (Lipinski definition) is 2. The molecule has 2 rings (SSSR count). The van der Waals surface area contributed by atoms with Gasteiger partial charge in [-0.2, -0.15) is 0 Å². The Kier molecular flexibility index (Phi) is 4.99. The quantitative estimate of drug-likeness (QED) is 0.598. The summed E-state index contributed by atoms with van der Waals surface area (Å²) in [5.74, 6) is 0.419. The van der Waals surface area contributed by atoms with Crippen LogP contribution in [0.15, 0.2) is 17.9 Å². The summed E-state index contributed by atoms with van der Waals surface area (Å²) >= 11 is 1.50. The first-order chi connectivity index (χ1) is 10.2. The summed E-state index contributed by atoms with van der Waals surface area (Å²) in [5, 5.41) is 20.0. The Morgan fingerprint density at radius 1 is 1.33 bits per heavy atom. The minimum Gasteiger partial charge on any atom is -0.364 e. The fraction of sp³-hybridized carbons (Fsp3) is 0.417. The van der Waals surface area contributed by atoms with Crippen molar-refractivity contribution >= 4 is 28.7 Å². The van der Waals surface area contributed by atoms with E-state index in [0.717, 1.165) is 11.4 Å². The minimum atomic E-state index is -0.477. The highest BCUT2D eigenvalue weighted by atomic mass is 32.1. The van der Waals surface area contributed by atoms with Crippen molar-refractivity contribution in [2.75, 3.05) is 17.2 Å². The number of rotatable bonds is 7. The van der Waals surface area contributed by atoms with Gasteiger partial charge in [-0.3, -0.25) is 10.1 Å². The van der Waals surface area contributed by atoms with Crippen LogP contribution in [0.4, 0.5) is 17.3 Å². The molecule has 0 bridgehead atoms. The van der Waals surface area contributed by atoms with Gasteiger partial charge in [-0.15, -0.1) is 11.3 Å². The lowest BCUT2D eigenvalue weighted by Gasteiger charge is -2.15. The van der Waals surface area contributed by atoms with Gasteiger partial charge in [0.1, 0.15) is 11.3 Å². The number of nitro groups is 1. The molecule has 0 amide bonds. The van der Waals surface area contributed by atoms with Crippen LogP contribution in [0.2, 0.25) is 0 Å². The average molecular weight is 308 g/mol. The molecule has 0 fully saturated rings. The van der Waals surface area contributed by atoms with Crippen LogP contribution in [0.25, 0.3) is 0 Å². The zero-order valence-electron chi connectivity index (χ0n) is 11.7. The van der Waals surface area contributed by atoms with Crippen molar-refractivity contribution in [2.24, 2.45) is 0 Å². The first-order valence-electron chi connectivity index (χ1n) is 6.56. The van der Waals surface area contributed by atoms with Crippen LogP contribution in [-0.4, -0.2) is 26.4 Å². The van der Waals surface area contributed by atoms with Crippen LogP contribution in [0.5, 0.6) is 0 Å². The third kappa shape index (κ3) is 3.43. The van der Waals surface area contributed by atoms with E-state index in [0.29, 0.717) is 6.54 Å². The summed E-state index contributed by atoms with van der Waals surface area (Å²) < 4.78 is 0. The van der Waals surface area contributed by atoms with Crippen molar-refractivity contribution in [1.82, 2.24) is 15.0 Å². The lowest BCUT2D eigenvalue weighted by molar-refractivity contribution is -0.383. The highest BCUT2D eigenvalue weighted by Crippen LogP contribution is 2.32. The summed E-state index contributed by atoms with van der Waals surface area (Å²) in [6.07, 6.45) is 3.76. The molecule has 0 aliphatic heterocycles. The Balaban J connectivity index is 2.34. The molecule has 0 saturated carbocycles. The Morgan fingerprint density at radius 3 is 2.67 bits per heavy atom. The summed E-state index contributed by atoms with van der Waals surface area (Å²) in [6, 6.07) is -0.118. The van der Waals surface area contributed by atoms with E-state index in [9.17, 15) is 10.1 Å². The summed E-state index contributed by atoms with van der Waals surface area (Å²) in [6.45, 7) is 4.38. The van der Waals surface area contributed by atoms with Crippen molar-refractivity contribution in [3.05, 3.63) is 33.0 Å². The maximum absolute atomic E-state index is 11.3. The van der Waals surface area contributed by atoms with Crippen molar-refractivity contribution in [2.45, 2.75) is 26.3 Å². The first kappa shape index (κ1) is 15.1. The van der Waals surface area contributed by atoms with Gasteiger partial charge >= 0.3 is 5.69 Å². The van der Waals surface area contributed by atoms with Gasteiger partial charge in [0.05, 0.1) is 11.0 Å².